The number of halogens is 1. The average Bonchev–Trinajstić information content (AvgIpc) is 3.66. The van der Waals surface area contributed by atoms with E-state index in [1.54, 1.807) is 28.9 Å². The summed E-state index contributed by atoms with van der Waals surface area (Å²) in [5, 5.41) is 10.3. The maximum atomic E-state index is 14.8. The molecule has 1 spiro atoms. The van der Waals surface area contributed by atoms with E-state index in [-0.39, 0.29) is 42.2 Å². The van der Waals surface area contributed by atoms with Gasteiger partial charge in [0, 0.05) is 48.1 Å². The number of amides is 3. The number of aliphatic hydroxyl groups excluding tert-OH is 1. The Morgan fingerprint density at radius 1 is 1.00 bits per heavy atom. The van der Waals surface area contributed by atoms with Gasteiger partial charge in [0.15, 0.2) is 0 Å². The summed E-state index contributed by atoms with van der Waals surface area (Å²) in [6, 6.07) is 15.3. The lowest BCUT2D eigenvalue weighted by molar-refractivity contribution is -0.143. The van der Waals surface area contributed by atoms with E-state index in [1.807, 2.05) is 54.6 Å². The first-order valence-corrected chi connectivity index (χ1v) is 16.6. The first-order chi connectivity index (χ1) is 21.7. The second kappa shape index (κ2) is 13.5. The Morgan fingerprint density at radius 2 is 1.56 bits per heavy atom. The number of carbonyl (C=O) groups is 3. The van der Waals surface area contributed by atoms with Crippen LogP contribution in [0.3, 0.4) is 0 Å². The van der Waals surface area contributed by atoms with Crippen molar-refractivity contribution in [3.63, 3.8) is 0 Å². The Labute approximate surface area is 274 Å². The van der Waals surface area contributed by atoms with Crippen LogP contribution < -0.4 is 14.7 Å². The van der Waals surface area contributed by atoms with Gasteiger partial charge in [-0.05, 0) is 63.6 Å². The summed E-state index contributed by atoms with van der Waals surface area (Å²) in [5.74, 6) is -2.66. The highest BCUT2D eigenvalue weighted by Gasteiger charge is 2.77. The number of benzene rings is 2. The quantitative estimate of drug-likeness (QED) is 0.250. The van der Waals surface area contributed by atoms with Crippen LogP contribution in [0.2, 0.25) is 0 Å². The van der Waals surface area contributed by atoms with Crippen molar-refractivity contribution in [2.75, 3.05) is 47.5 Å². The van der Waals surface area contributed by atoms with Gasteiger partial charge < -0.3 is 29.4 Å². The molecule has 0 saturated carbocycles. The highest BCUT2D eigenvalue weighted by molar-refractivity contribution is 9.09. The van der Waals surface area contributed by atoms with Gasteiger partial charge in [-0.3, -0.25) is 14.4 Å². The Kier molecular flexibility index (Phi) is 9.86. The van der Waals surface area contributed by atoms with Crippen molar-refractivity contribution in [2.45, 2.75) is 55.8 Å². The van der Waals surface area contributed by atoms with Crippen LogP contribution in [-0.4, -0.2) is 89.1 Å². The van der Waals surface area contributed by atoms with E-state index < -0.39 is 35.6 Å². The smallest absolute Gasteiger partial charge is 0.253 e. The molecule has 7 atom stereocenters. The first-order valence-electron chi connectivity index (χ1n) is 15.7. The molecular formula is C35H43BrN4O5. The number of aliphatic hydroxyl groups is 1. The molecule has 3 aliphatic rings. The van der Waals surface area contributed by atoms with Crippen molar-refractivity contribution in [2.24, 2.45) is 11.8 Å². The zero-order valence-electron chi connectivity index (χ0n) is 26.2. The molecule has 1 N–H and O–H groups in total. The van der Waals surface area contributed by atoms with Gasteiger partial charge >= 0.3 is 0 Å². The Hall–Kier alpha value is -3.47. The molecule has 3 fully saturated rings. The number of anilines is 3. The molecule has 5 rings (SSSR count). The molecule has 0 radical (unpaired) electrons. The van der Waals surface area contributed by atoms with E-state index in [0.717, 1.165) is 18.8 Å². The minimum atomic E-state index is -1.26. The second-order valence-corrected chi connectivity index (χ2v) is 13.1. The number of para-hydroxylation sites is 1. The molecule has 3 aliphatic heterocycles. The first kappa shape index (κ1) is 32.9. The summed E-state index contributed by atoms with van der Waals surface area (Å²) < 4.78 is 6.72. The maximum Gasteiger partial charge on any atom is 0.253 e. The van der Waals surface area contributed by atoms with Gasteiger partial charge in [-0.2, -0.15) is 0 Å². The number of alkyl halides is 1. The van der Waals surface area contributed by atoms with Gasteiger partial charge in [-0.15, -0.1) is 13.2 Å². The van der Waals surface area contributed by atoms with Crippen LogP contribution >= 0.6 is 15.9 Å². The standard InChI is InChI=1S/C35H43BrN4O5/c1-6-19-38(25-13-11-10-12-14-25)32(42)28-29-33(43)40(23(5)22-41)31(35(29)21-27(36)30(28)45-35)34(44)39(20-7-2)26-17-15-24(16-18-26)37(8-3)9-4/h6-7,10-18,23,27-31,41H,1-2,8-9,19-22H2,3-5H3/t23-,27?,28-,29+,30-,31?,35?/m1/s1. The number of likely N-dealkylation sites (tertiary alicyclic amines) is 1. The van der Waals surface area contributed by atoms with Gasteiger partial charge in [0.05, 0.1) is 30.6 Å². The number of ether oxygens (including phenoxy) is 1. The van der Waals surface area contributed by atoms with E-state index in [1.165, 1.54) is 4.90 Å². The van der Waals surface area contributed by atoms with Crippen LogP contribution in [0.4, 0.5) is 17.1 Å². The zero-order chi connectivity index (χ0) is 32.5. The number of nitrogens with zero attached hydrogens (tertiary/aromatic N) is 4. The third kappa shape index (κ3) is 5.51. The molecule has 3 unspecified atom stereocenters. The molecule has 45 heavy (non-hydrogen) atoms. The van der Waals surface area contributed by atoms with Crippen molar-refractivity contribution in [1.29, 1.82) is 0 Å². The summed E-state index contributed by atoms with van der Waals surface area (Å²) in [6.07, 6.45) is 3.08. The second-order valence-electron chi connectivity index (χ2n) is 11.9. The summed E-state index contributed by atoms with van der Waals surface area (Å²) in [5.41, 5.74) is 1.14. The molecule has 2 bridgehead atoms. The Bertz CT molecular complexity index is 1420. The molecule has 10 heteroatoms. The molecule has 0 aromatic heterocycles. The van der Waals surface area contributed by atoms with Gasteiger partial charge in [0.2, 0.25) is 11.8 Å². The summed E-state index contributed by atoms with van der Waals surface area (Å²) in [6.45, 7) is 15.5. The van der Waals surface area contributed by atoms with Crippen molar-refractivity contribution in [3.05, 3.63) is 79.9 Å². The number of carbonyl (C=O) groups excluding carboxylic acids is 3. The van der Waals surface area contributed by atoms with Crippen LogP contribution in [0.25, 0.3) is 0 Å². The number of hydrogen-bond acceptors (Lipinski definition) is 6. The predicted octanol–water partition coefficient (Wildman–Crippen LogP) is 4.40. The third-order valence-corrected chi connectivity index (χ3v) is 10.3. The van der Waals surface area contributed by atoms with Gasteiger partial charge in [0.1, 0.15) is 11.6 Å². The molecule has 3 saturated heterocycles. The van der Waals surface area contributed by atoms with Crippen molar-refractivity contribution in [3.8, 4) is 0 Å². The highest BCUT2D eigenvalue weighted by atomic mass is 79.9. The zero-order valence-corrected chi connectivity index (χ0v) is 27.8. The van der Waals surface area contributed by atoms with Gasteiger partial charge in [-0.1, -0.05) is 46.3 Å². The highest BCUT2D eigenvalue weighted by Crippen LogP contribution is 2.61. The van der Waals surface area contributed by atoms with Crippen molar-refractivity contribution < 1.29 is 24.2 Å². The summed E-state index contributed by atoms with van der Waals surface area (Å²) >= 11 is 3.76. The number of hydrogen-bond donors (Lipinski definition) is 1. The average molecular weight is 680 g/mol. The molecule has 9 nitrogen and oxygen atoms in total. The monoisotopic (exact) mass is 678 g/mol. The number of rotatable bonds is 13. The molecule has 2 aromatic rings. The topological polar surface area (TPSA) is 93.6 Å². The molecular weight excluding hydrogens is 636 g/mol. The lowest BCUT2D eigenvalue weighted by Crippen LogP contribution is -2.59. The minimum Gasteiger partial charge on any atom is -0.394 e. The predicted molar refractivity (Wildman–Crippen MR) is 181 cm³/mol. The van der Waals surface area contributed by atoms with Gasteiger partial charge in [0.25, 0.3) is 5.91 Å². The lowest BCUT2D eigenvalue weighted by atomic mass is 9.70. The van der Waals surface area contributed by atoms with E-state index in [9.17, 15) is 19.5 Å². The van der Waals surface area contributed by atoms with Crippen LogP contribution in [0.15, 0.2) is 79.9 Å². The summed E-state index contributed by atoms with van der Waals surface area (Å²) in [7, 11) is 0. The normalized spacial score (nSPS) is 27.2. The van der Waals surface area contributed by atoms with E-state index in [4.69, 9.17) is 4.74 Å². The fourth-order valence-electron chi connectivity index (χ4n) is 7.46. The Morgan fingerprint density at radius 3 is 2.11 bits per heavy atom. The minimum absolute atomic E-state index is 0.209. The van der Waals surface area contributed by atoms with Gasteiger partial charge in [-0.25, -0.2) is 0 Å². The summed E-state index contributed by atoms with van der Waals surface area (Å²) in [4.78, 5) is 50.4. The lowest BCUT2D eigenvalue weighted by Gasteiger charge is -2.38. The van der Waals surface area contributed by atoms with Crippen LogP contribution in [0.1, 0.15) is 27.2 Å². The molecule has 3 heterocycles. The largest absolute Gasteiger partial charge is 0.394 e. The third-order valence-electron chi connectivity index (χ3n) is 9.50. The molecule has 0 aliphatic carbocycles. The maximum absolute atomic E-state index is 14.8. The van der Waals surface area contributed by atoms with E-state index in [2.05, 4.69) is 47.8 Å². The van der Waals surface area contributed by atoms with Crippen LogP contribution in [-0.2, 0) is 19.1 Å². The Balaban J connectivity index is 1.57. The molecule has 3 amide bonds. The van der Waals surface area contributed by atoms with Crippen molar-refractivity contribution in [1.82, 2.24) is 4.90 Å². The van der Waals surface area contributed by atoms with Crippen LogP contribution in [0, 0.1) is 11.8 Å². The van der Waals surface area contributed by atoms with E-state index in [0.29, 0.717) is 17.8 Å². The fraction of sp³-hybridized carbons (Fsp3) is 0.457. The molecule has 2 aromatic carbocycles. The fourth-order valence-corrected chi connectivity index (χ4v) is 8.41. The van der Waals surface area contributed by atoms with E-state index >= 15 is 0 Å². The van der Waals surface area contributed by atoms with Crippen LogP contribution in [0.5, 0.6) is 0 Å². The SMILES string of the molecule is C=CCN(C(=O)C1N([C@H](C)CO)C(=O)[C@@H]2[C@@H](C(=O)N(CC=C)c3ccccc3)[C@@H]3OC12CC3Br)c1ccc(N(CC)CC)cc1. The van der Waals surface area contributed by atoms with Crippen molar-refractivity contribution >= 4 is 50.7 Å². The number of fused-ring (bicyclic) bond motifs is 1. The molecule has 240 valence electrons.